The predicted molar refractivity (Wildman–Crippen MR) is 36.8 cm³/mol. The second kappa shape index (κ2) is 2.75. The SMILES string of the molecule is Cc1cnc(F)cc1CN. The Bertz CT molecular complexity index is 235. The number of nitrogens with two attached hydrogens (primary N) is 1. The highest BCUT2D eigenvalue weighted by atomic mass is 19.1. The normalized spacial score (nSPS) is 9.90. The lowest BCUT2D eigenvalue weighted by atomic mass is 10.2. The van der Waals surface area contributed by atoms with Crippen LogP contribution >= 0.6 is 0 Å². The lowest BCUT2D eigenvalue weighted by Crippen LogP contribution is -2.00. The summed E-state index contributed by atoms with van der Waals surface area (Å²) in [4.78, 5) is 3.47. The molecule has 2 nitrogen and oxygen atoms in total. The van der Waals surface area contributed by atoms with Gasteiger partial charge in [-0.25, -0.2) is 4.98 Å². The molecule has 0 saturated heterocycles. The molecule has 0 saturated carbocycles. The largest absolute Gasteiger partial charge is 0.326 e. The molecular weight excluding hydrogens is 131 g/mol. The van der Waals surface area contributed by atoms with Crippen LogP contribution in [0.5, 0.6) is 0 Å². The molecular formula is C7H9FN2. The minimum absolute atomic E-state index is 0.366. The van der Waals surface area contributed by atoms with Gasteiger partial charge in [0.2, 0.25) is 5.95 Å². The van der Waals surface area contributed by atoms with E-state index in [4.69, 9.17) is 5.73 Å². The molecule has 0 unspecified atom stereocenters. The van der Waals surface area contributed by atoms with Crippen LogP contribution in [0.15, 0.2) is 12.3 Å². The van der Waals surface area contributed by atoms with Crippen molar-refractivity contribution in [1.29, 1.82) is 0 Å². The summed E-state index contributed by atoms with van der Waals surface area (Å²) in [5, 5.41) is 0. The van der Waals surface area contributed by atoms with Gasteiger partial charge in [0.25, 0.3) is 0 Å². The lowest BCUT2D eigenvalue weighted by molar-refractivity contribution is 0.580. The number of aryl methyl sites for hydroxylation is 1. The lowest BCUT2D eigenvalue weighted by Gasteiger charge is -1.99. The van der Waals surface area contributed by atoms with Gasteiger partial charge in [-0.1, -0.05) is 0 Å². The first-order valence-electron chi connectivity index (χ1n) is 3.05. The quantitative estimate of drug-likeness (QED) is 0.591. The third kappa shape index (κ3) is 1.30. The molecule has 1 aromatic rings. The van der Waals surface area contributed by atoms with Gasteiger partial charge in [0.05, 0.1) is 0 Å². The number of aromatic nitrogens is 1. The van der Waals surface area contributed by atoms with Gasteiger partial charge in [-0.15, -0.1) is 0 Å². The topological polar surface area (TPSA) is 38.9 Å². The minimum atomic E-state index is -0.467. The summed E-state index contributed by atoms with van der Waals surface area (Å²) in [5.74, 6) is -0.467. The maximum absolute atomic E-state index is 12.4. The summed E-state index contributed by atoms with van der Waals surface area (Å²) >= 11 is 0. The van der Waals surface area contributed by atoms with E-state index in [1.807, 2.05) is 6.92 Å². The van der Waals surface area contributed by atoms with Crippen molar-refractivity contribution in [2.75, 3.05) is 0 Å². The Morgan fingerprint density at radius 1 is 1.70 bits per heavy atom. The molecule has 10 heavy (non-hydrogen) atoms. The smallest absolute Gasteiger partial charge is 0.213 e. The van der Waals surface area contributed by atoms with Crippen molar-refractivity contribution >= 4 is 0 Å². The van der Waals surface area contributed by atoms with Gasteiger partial charge in [0.15, 0.2) is 0 Å². The number of rotatable bonds is 1. The average molecular weight is 140 g/mol. The van der Waals surface area contributed by atoms with E-state index in [0.29, 0.717) is 6.54 Å². The Morgan fingerprint density at radius 3 is 2.90 bits per heavy atom. The molecule has 0 bridgehead atoms. The Morgan fingerprint density at radius 2 is 2.40 bits per heavy atom. The van der Waals surface area contributed by atoms with Crippen LogP contribution in [0.2, 0.25) is 0 Å². The Balaban J connectivity index is 3.09. The Labute approximate surface area is 58.9 Å². The van der Waals surface area contributed by atoms with Crippen molar-refractivity contribution in [2.45, 2.75) is 13.5 Å². The van der Waals surface area contributed by atoms with Crippen LogP contribution in [0, 0.1) is 12.9 Å². The second-order valence-electron chi connectivity index (χ2n) is 2.14. The predicted octanol–water partition coefficient (Wildman–Crippen LogP) is 0.988. The van der Waals surface area contributed by atoms with Crippen molar-refractivity contribution in [3.05, 3.63) is 29.3 Å². The van der Waals surface area contributed by atoms with E-state index >= 15 is 0 Å². The number of pyridine rings is 1. The van der Waals surface area contributed by atoms with Gasteiger partial charge in [0.1, 0.15) is 0 Å². The highest BCUT2D eigenvalue weighted by Gasteiger charge is 1.97. The molecule has 0 aliphatic carbocycles. The van der Waals surface area contributed by atoms with Crippen LogP contribution in [0.4, 0.5) is 4.39 Å². The van der Waals surface area contributed by atoms with Crippen LogP contribution in [0.1, 0.15) is 11.1 Å². The molecule has 54 valence electrons. The van der Waals surface area contributed by atoms with Gasteiger partial charge in [-0.2, -0.15) is 4.39 Å². The zero-order valence-corrected chi connectivity index (χ0v) is 5.76. The third-order valence-electron chi connectivity index (χ3n) is 1.40. The molecule has 1 heterocycles. The molecule has 3 heteroatoms. The summed E-state index contributed by atoms with van der Waals surface area (Å²) < 4.78 is 12.4. The minimum Gasteiger partial charge on any atom is -0.326 e. The molecule has 0 amide bonds. The molecule has 0 radical (unpaired) electrons. The first-order valence-corrected chi connectivity index (χ1v) is 3.05. The summed E-state index contributed by atoms with van der Waals surface area (Å²) in [6.45, 7) is 2.22. The Hall–Kier alpha value is -0.960. The summed E-state index contributed by atoms with van der Waals surface area (Å²) in [5.41, 5.74) is 7.07. The average Bonchev–Trinajstić information content (AvgIpc) is 1.94. The zero-order chi connectivity index (χ0) is 7.56. The monoisotopic (exact) mass is 140 g/mol. The van der Waals surface area contributed by atoms with E-state index in [-0.39, 0.29) is 0 Å². The van der Waals surface area contributed by atoms with Gasteiger partial charge >= 0.3 is 0 Å². The molecule has 1 aromatic heterocycles. The second-order valence-corrected chi connectivity index (χ2v) is 2.14. The fraction of sp³-hybridized carbons (Fsp3) is 0.286. The van der Waals surface area contributed by atoms with E-state index in [1.165, 1.54) is 12.3 Å². The molecule has 0 aliphatic rings. The van der Waals surface area contributed by atoms with Gasteiger partial charge in [-0.3, -0.25) is 0 Å². The highest BCUT2D eigenvalue weighted by molar-refractivity contribution is 5.21. The first-order chi connectivity index (χ1) is 4.74. The molecule has 0 aromatic carbocycles. The van der Waals surface area contributed by atoms with E-state index < -0.39 is 5.95 Å². The third-order valence-corrected chi connectivity index (χ3v) is 1.40. The van der Waals surface area contributed by atoms with Gasteiger partial charge in [-0.05, 0) is 24.1 Å². The Kier molecular flexibility index (Phi) is 1.97. The fourth-order valence-corrected chi connectivity index (χ4v) is 0.756. The van der Waals surface area contributed by atoms with Crippen molar-refractivity contribution in [1.82, 2.24) is 4.98 Å². The number of halogens is 1. The molecule has 1 rings (SSSR count). The van der Waals surface area contributed by atoms with E-state index in [1.54, 1.807) is 0 Å². The summed E-state index contributed by atoms with van der Waals surface area (Å²) in [7, 11) is 0. The van der Waals surface area contributed by atoms with Crippen LogP contribution in [0.3, 0.4) is 0 Å². The van der Waals surface area contributed by atoms with Crippen LogP contribution < -0.4 is 5.73 Å². The van der Waals surface area contributed by atoms with E-state index in [2.05, 4.69) is 4.98 Å². The van der Waals surface area contributed by atoms with E-state index in [9.17, 15) is 4.39 Å². The van der Waals surface area contributed by atoms with E-state index in [0.717, 1.165) is 11.1 Å². The van der Waals surface area contributed by atoms with Gasteiger partial charge in [0, 0.05) is 12.7 Å². The number of hydrogen-bond acceptors (Lipinski definition) is 2. The molecule has 0 atom stereocenters. The van der Waals surface area contributed by atoms with Gasteiger partial charge < -0.3 is 5.73 Å². The van der Waals surface area contributed by atoms with Crippen molar-refractivity contribution in [3.63, 3.8) is 0 Å². The first kappa shape index (κ1) is 7.15. The van der Waals surface area contributed by atoms with Crippen molar-refractivity contribution < 1.29 is 4.39 Å². The summed E-state index contributed by atoms with van der Waals surface area (Å²) in [6, 6.07) is 1.36. The highest BCUT2D eigenvalue weighted by Crippen LogP contribution is 2.05. The maximum atomic E-state index is 12.4. The molecule has 2 N–H and O–H groups in total. The number of hydrogen-bond donors (Lipinski definition) is 1. The zero-order valence-electron chi connectivity index (χ0n) is 5.76. The van der Waals surface area contributed by atoms with Crippen molar-refractivity contribution in [3.8, 4) is 0 Å². The van der Waals surface area contributed by atoms with Crippen LogP contribution in [-0.4, -0.2) is 4.98 Å². The van der Waals surface area contributed by atoms with Crippen molar-refractivity contribution in [2.24, 2.45) is 5.73 Å². The summed E-state index contributed by atoms with van der Waals surface area (Å²) in [6.07, 6.45) is 1.48. The number of nitrogens with zero attached hydrogens (tertiary/aromatic N) is 1. The fourth-order valence-electron chi connectivity index (χ4n) is 0.756. The maximum Gasteiger partial charge on any atom is 0.213 e. The standard InChI is InChI=1S/C7H9FN2/c1-5-4-10-7(8)2-6(5)3-9/h2,4H,3,9H2,1H3. The molecule has 0 aliphatic heterocycles. The molecule has 0 fully saturated rings. The van der Waals surface area contributed by atoms with Crippen LogP contribution in [-0.2, 0) is 6.54 Å². The molecule has 0 spiro atoms. The van der Waals surface area contributed by atoms with Crippen LogP contribution in [0.25, 0.3) is 0 Å².